The Kier molecular flexibility index (Phi) is 31.1. The van der Waals surface area contributed by atoms with Gasteiger partial charge in [-0.25, -0.2) is 0 Å². The van der Waals surface area contributed by atoms with Crippen molar-refractivity contribution in [3.63, 3.8) is 0 Å². The fourth-order valence-corrected chi connectivity index (χ4v) is 5.24. The van der Waals surface area contributed by atoms with Gasteiger partial charge in [0.1, 0.15) is 30.5 Å². The van der Waals surface area contributed by atoms with E-state index in [2.05, 4.69) is 154 Å². The molecule has 8 atom stereocenters. The Hall–Kier alpha value is -6.13. The largest absolute Gasteiger partial charge is 0.394 e. The van der Waals surface area contributed by atoms with Crippen molar-refractivity contribution in [2.45, 2.75) is 146 Å². The molecule has 0 aromatic rings. The Morgan fingerprint density at radius 1 is 0.583 bits per heavy atom. The highest BCUT2D eigenvalue weighted by Crippen LogP contribution is 2.23. The monoisotopic (exact) mass is 809 g/mol. The molecule has 5 unspecified atom stereocenters. The molecule has 1 aliphatic rings. The molecule has 310 valence electrons. The Labute approximate surface area is 356 Å². The summed E-state index contributed by atoms with van der Waals surface area (Å²) in [5, 5.41) is 64.3. The fourth-order valence-electron chi connectivity index (χ4n) is 5.24. The highest BCUT2D eigenvalue weighted by atomic mass is 16.7. The molecule has 1 amide bonds. The molecular formula is C50H51NO9. The van der Waals surface area contributed by atoms with Gasteiger partial charge in [-0.05, 0) is 108 Å². The molecule has 10 nitrogen and oxygen atoms in total. The maximum absolute atomic E-state index is 12.7. The number of amides is 1. The van der Waals surface area contributed by atoms with Gasteiger partial charge in [0.25, 0.3) is 5.91 Å². The zero-order valence-corrected chi connectivity index (χ0v) is 34.1. The molecule has 0 aliphatic carbocycles. The molecule has 0 bridgehead atoms. The van der Waals surface area contributed by atoms with E-state index in [1.54, 1.807) is 6.92 Å². The van der Waals surface area contributed by atoms with Gasteiger partial charge < -0.3 is 45.4 Å². The lowest BCUT2D eigenvalue weighted by molar-refractivity contribution is -0.303. The molecule has 10 heteroatoms. The second-order valence-electron chi connectivity index (χ2n) is 13.0. The van der Waals surface area contributed by atoms with Crippen LogP contribution in [0.4, 0.5) is 0 Å². The molecule has 0 aromatic heterocycles. The van der Waals surface area contributed by atoms with Crippen molar-refractivity contribution in [3.8, 4) is 142 Å². The molecule has 0 spiro atoms. The Balaban J connectivity index is 2.73. The number of ether oxygens (including phenoxy) is 2. The Morgan fingerprint density at radius 3 is 1.40 bits per heavy atom. The van der Waals surface area contributed by atoms with Gasteiger partial charge in [-0.1, -0.05) is 89.9 Å². The molecule has 1 aliphatic heterocycles. The quantitative estimate of drug-likeness (QED) is 0.0706. The van der Waals surface area contributed by atoms with Gasteiger partial charge in [-0.15, -0.1) is 0 Å². The number of carbonyl (C=O) groups is 1. The molecule has 1 fully saturated rings. The van der Waals surface area contributed by atoms with Crippen molar-refractivity contribution in [2.24, 2.45) is 0 Å². The summed E-state index contributed by atoms with van der Waals surface area (Å²) in [6.45, 7) is 2.73. The first kappa shape index (κ1) is 51.9. The third-order valence-corrected chi connectivity index (χ3v) is 8.38. The maximum atomic E-state index is 12.7. The average Bonchev–Trinajstić information content (AvgIpc) is 3.25. The highest BCUT2D eigenvalue weighted by Gasteiger charge is 2.44. The number of nitrogens with one attached hydrogen (secondary N) is 1. The molecule has 0 radical (unpaired) electrons. The molecule has 1 saturated heterocycles. The summed E-state index contributed by atoms with van der Waals surface area (Å²) in [5.41, 5.74) is 0. The van der Waals surface area contributed by atoms with Crippen molar-refractivity contribution in [2.75, 3.05) is 13.2 Å². The first-order valence-electron chi connectivity index (χ1n) is 19.8. The summed E-state index contributed by atoms with van der Waals surface area (Å²) in [7, 11) is 0. The molecule has 1 heterocycles. The Bertz CT molecular complexity index is 2140. The van der Waals surface area contributed by atoms with E-state index in [1.165, 1.54) is 51.4 Å². The Morgan fingerprint density at radius 2 is 0.983 bits per heavy atom. The van der Waals surface area contributed by atoms with Gasteiger partial charge in [0.2, 0.25) is 0 Å². The van der Waals surface area contributed by atoms with Crippen LogP contribution < -0.4 is 5.32 Å². The summed E-state index contributed by atoms with van der Waals surface area (Å²) in [6.07, 6.45) is 3.47. The lowest BCUT2D eigenvalue weighted by Crippen LogP contribution is -2.60. The third kappa shape index (κ3) is 26.0. The number of unbranched alkanes of at least 4 members (excludes halogenated alkanes) is 11. The smallest absolute Gasteiger partial charge is 0.297 e. The second-order valence-corrected chi connectivity index (χ2v) is 13.0. The number of carbonyl (C=O) groups excluding carboxylic acids is 1. The van der Waals surface area contributed by atoms with Gasteiger partial charge in [-0.3, -0.25) is 4.79 Å². The predicted octanol–water partition coefficient (Wildman–Crippen LogP) is 1.16. The van der Waals surface area contributed by atoms with Crippen molar-refractivity contribution in [1.82, 2.24) is 5.32 Å². The van der Waals surface area contributed by atoms with Crippen LogP contribution in [0.25, 0.3) is 0 Å². The summed E-state index contributed by atoms with van der Waals surface area (Å²) in [4.78, 5) is 12.7. The second kappa shape index (κ2) is 36.0. The van der Waals surface area contributed by atoms with Crippen LogP contribution in [-0.2, 0) is 14.3 Å². The number of aliphatic hydroxyl groups is 6. The van der Waals surface area contributed by atoms with Gasteiger partial charge in [0.15, 0.2) is 6.29 Å². The molecular weight excluding hydrogens is 759 g/mol. The van der Waals surface area contributed by atoms with E-state index >= 15 is 0 Å². The zero-order valence-electron chi connectivity index (χ0n) is 34.1. The van der Waals surface area contributed by atoms with Crippen molar-refractivity contribution >= 4 is 5.91 Å². The summed E-state index contributed by atoms with van der Waals surface area (Å²) in [6, 6.07) is -1.23. The average molecular weight is 810 g/mol. The van der Waals surface area contributed by atoms with Crippen LogP contribution in [0.3, 0.4) is 0 Å². The van der Waals surface area contributed by atoms with Gasteiger partial charge >= 0.3 is 0 Å². The van der Waals surface area contributed by atoms with Crippen LogP contribution in [0.2, 0.25) is 0 Å². The van der Waals surface area contributed by atoms with E-state index in [0.717, 1.165) is 19.3 Å². The van der Waals surface area contributed by atoms with E-state index in [1.807, 2.05) is 0 Å². The predicted molar refractivity (Wildman–Crippen MR) is 228 cm³/mol. The number of hydrogen-bond donors (Lipinski definition) is 7. The number of aliphatic hydroxyl groups excluding tert-OH is 6. The van der Waals surface area contributed by atoms with Crippen molar-refractivity contribution < 1.29 is 44.9 Å². The van der Waals surface area contributed by atoms with E-state index in [4.69, 9.17) is 9.47 Å². The zero-order chi connectivity index (χ0) is 43.9. The van der Waals surface area contributed by atoms with Crippen LogP contribution in [0.5, 0.6) is 0 Å². The fraction of sp³-hybridized carbons (Fsp3) is 0.500. The summed E-state index contributed by atoms with van der Waals surface area (Å²) in [5.74, 6) is 58.4. The number of rotatable bonds is 20. The first-order valence-corrected chi connectivity index (χ1v) is 19.8. The molecule has 7 N–H and O–H groups in total. The molecule has 0 saturated carbocycles. The topological polar surface area (TPSA) is 169 Å². The molecule has 60 heavy (non-hydrogen) atoms. The van der Waals surface area contributed by atoms with Crippen LogP contribution in [0, 0.1) is 142 Å². The van der Waals surface area contributed by atoms with Crippen LogP contribution in [0.1, 0.15) is 97.3 Å². The van der Waals surface area contributed by atoms with Crippen LogP contribution in [-0.4, -0.2) is 98.7 Å². The third-order valence-electron chi connectivity index (χ3n) is 8.38. The molecule has 0 aromatic carbocycles. The SMILES string of the molecule is CC#CC#CC#CC#CC#CC#CC#CC#CC#CC#CC#CC#CC(=O)N[C@@H](COC1OC(CO)C(O)C(O)C1O)[C@H](O)[C@H](O)CCCCCCCCCCCCCC. The summed E-state index contributed by atoms with van der Waals surface area (Å²) >= 11 is 0. The minimum Gasteiger partial charge on any atom is -0.394 e. The summed E-state index contributed by atoms with van der Waals surface area (Å²) < 4.78 is 10.9. The van der Waals surface area contributed by atoms with E-state index in [9.17, 15) is 35.4 Å². The minimum absolute atomic E-state index is 0.259. The standard InChI is InChI=1S/C50H51NO9/c1-3-5-7-9-11-13-15-17-18-19-20-21-22-23-24-25-26-27-29-31-33-35-37-39-45(54)51-42(41-59-50-49(58)48(57)47(56)44(40-52)60-50)46(55)43(53)38-36-34-32-30-28-16-14-12-10-8-6-4-2/h42-44,46-50,52-53,55-58H,4,6,8,10,12,14,16,28,30,32,34,36,38,40-41H2,1-2H3,(H,51,54)/t42-,43+,44?,46-,47?,48?,49?,50?/m0/s1. The van der Waals surface area contributed by atoms with Gasteiger partial charge in [0.05, 0.1) is 25.4 Å². The van der Waals surface area contributed by atoms with Crippen LogP contribution >= 0.6 is 0 Å². The maximum Gasteiger partial charge on any atom is 0.297 e. The van der Waals surface area contributed by atoms with E-state index < -0.39 is 68.1 Å². The van der Waals surface area contributed by atoms with E-state index in [-0.39, 0.29) is 6.42 Å². The first-order chi connectivity index (χ1) is 29.3. The highest BCUT2D eigenvalue weighted by molar-refractivity contribution is 5.94. The van der Waals surface area contributed by atoms with Gasteiger partial charge in [0, 0.05) is 41.4 Å². The van der Waals surface area contributed by atoms with Crippen molar-refractivity contribution in [3.05, 3.63) is 0 Å². The minimum atomic E-state index is -1.70. The molecule has 1 rings (SSSR count). The lowest BCUT2D eigenvalue weighted by Gasteiger charge is -2.40. The number of hydrogen-bond acceptors (Lipinski definition) is 9. The van der Waals surface area contributed by atoms with Crippen molar-refractivity contribution in [1.29, 1.82) is 0 Å². The van der Waals surface area contributed by atoms with Gasteiger partial charge in [-0.2, -0.15) is 0 Å². The van der Waals surface area contributed by atoms with Crippen LogP contribution in [0.15, 0.2) is 0 Å². The lowest BCUT2D eigenvalue weighted by atomic mass is 9.98. The van der Waals surface area contributed by atoms with E-state index in [0.29, 0.717) is 6.42 Å². The normalized spacial score (nSPS) is 17.8.